The molecule has 0 aliphatic heterocycles. The zero-order valence-corrected chi connectivity index (χ0v) is 13.8. The number of anilines is 2. The fraction of sp³-hybridized carbons (Fsp3) is 0.467. The minimum atomic E-state index is -0.659. The number of hydrogen-bond donors (Lipinski definition) is 4. The van der Waals surface area contributed by atoms with E-state index < -0.39 is 5.91 Å². The van der Waals surface area contributed by atoms with Gasteiger partial charge in [-0.3, -0.25) is 9.59 Å². The van der Waals surface area contributed by atoms with E-state index in [0.717, 1.165) is 19.4 Å². The molecule has 0 radical (unpaired) electrons. The number of carbonyl (C=O) groups is 2. The third kappa shape index (κ3) is 4.92. The summed E-state index contributed by atoms with van der Waals surface area (Å²) in [6.45, 7) is 0.725. The summed E-state index contributed by atoms with van der Waals surface area (Å²) in [6, 6.07) is 0.279. The van der Waals surface area contributed by atoms with Crippen LogP contribution in [0.5, 0.6) is 0 Å². The molecule has 1 fully saturated rings. The van der Waals surface area contributed by atoms with Crippen LogP contribution in [0, 0.1) is 0 Å². The van der Waals surface area contributed by atoms with Crippen molar-refractivity contribution < 1.29 is 9.59 Å². The van der Waals surface area contributed by atoms with E-state index in [1.807, 2.05) is 25.1 Å². The molecule has 0 aromatic carbocycles. The van der Waals surface area contributed by atoms with Crippen LogP contribution in [0.2, 0.25) is 0 Å². The zero-order chi connectivity index (χ0) is 17.7. The van der Waals surface area contributed by atoms with E-state index in [1.165, 1.54) is 6.20 Å². The first-order valence-electron chi connectivity index (χ1n) is 7.65. The fourth-order valence-corrected chi connectivity index (χ4v) is 2.31. The van der Waals surface area contributed by atoms with Crippen LogP contribution >= 0.6 is 0 Å². The number of carbonyl (C=O) groups excluding carboxylic acids is 2. The Morgan fingerprint density at radius 3 is 2.67 bits per heavy atom. The molecule has 1 aromatic rings. The van der Waals surface area contributed by atoms with E-state index >= 15 is 0 Å². The van der Waals surface area contributed by atoms with Crippen molar-refractivity contribution in [3.05, 3.63) is 23.9 Å². The molecule has 2 amide bonds. The molecule has 0 spiro atoms. The average Bonchev–Trinajstić information content (AvgIpc) is 2.44. The molecule has 9 heteroatoms. The number of nitrogens with one attached hydrogen (secondary N) is 2. The van der Waals surface area contributed by atoms with E-state index in [9.17, 15) is 9.59 Å². The van der Waals surface area contributed by atoms with Gasteiger partial charge in [-0.25, -0.2) is 4.98 Å². The fourth-order valence-electron chi connectivity index (χ4n) is 2.31. The predicted molar refractivity (Wildman–Crippen MR) is 91.2 cm³/mol. The van der Waals surface area contributed by atoms with Crippen LogP contribution in [0.3, 0.4) is 0 Å². The van der Waals surface area contributed by atoms with Crippen molar-refractivity contribution in [2.24, 2.45) is 5.73 Å². The summed E-state index contributed by atoms with van der Waals surface area (Å²) >= 11 is 0. The van der Waals surface area contributed by atoms with Crippen molar-refractivity contribution in [2.45, 2.75) is 24.9 Å². The highest BCUT2D eigenvalue weighted by Gasteiger charge is 2.30. The first-order valence-corrected chi connectivity index (χ1v) is 7.65. The lowest BCUT2D eigenvalue weighted by molar-refractivity contribution is -0.117. The number of aromatic nitrogens is 2. The third-order valence-corrected chi connectivity index (χ3v) is 3.64. The third-order valence-electron chi connectivity index (χ3n) is 3.64. The number of amides is 2. The van der Waals surface area contributed by atoms with Gasteiger partial charge >= 0.3 is 0 Å². The number of nitrogens with two attached hydrogens (primary N) is 2. The van der Waals surface area contributed by atoms with Gasteiger partial charge in [-0.2, -0.15) is 4.98 Å². The lowest BCUT2D eigenvalue weighted by atomic mass is 9.87. The van der Waals surface area contributed by atoms with Crippen molar-refractivity contribution in [3.63, 3.8) is 0 Å². The van der Waals surface area contributed by atoms with Crippen LogP contribution in [0.25, 0.3) is 0 Å². The van der Waals surface area contributed by atoms with Crippen LogP contribution in [-0.2, 0) is 4.79 Å². The number of primary amides is 1. The summed E-state index contributed by atoms with van der Waals surface area (Å²) in [5.74, 6) is -0.354. The molecule has 1 saturated carbocycles. The summed E-state index contributed by atoms with van der Waals surface area (Å²) in [5, 5.41) is 6.05. The summed E-state index contributed by atoms with van der Waals surface area (Å²) in [6.07, 6.45) is 6.22. The standard InChI is InChI=1S/C15H23N7O2/c1-22(2)5-3-4-12(23)19-9-6-10(7-9)20-15-18-8-11(14(17)24)13(16)21-15/h3-4,8-10H,5-7H2,1-2H3,(H2,17,24)(H,19,23)(H3,16,18,20,21). The van der Waals surface area contributed by atoms with Crippen molar-refractivity contribution in [2.75, 3.05) is 31.7 Å². The molecule has 130 valence electrons. The van der Waals surface area contributed by atoms with E-state index in [1.54, 1.807) is 6.08 Å². The molecule has 24 heavy (non-hydrogen) atoms. The summed E-state index contributed by atoms with van der Waals surface area (Å²) in [5.41, 5.74) is 10.9. The predicted octanol–water partition coefficient (Wildman–Crippen LogP) is -0.665. The van der Waals surface area contributed by atoms with Gasteiger partial charge in [0, 0.05) is 30.9 Å². The normalized spacial score (nSPS) is 20.0. The number of rotatable bonds is 7. The molecule has 0 atom stereocenters. The summed E-state index contributed by atoms with van der Waals surface area (Å²) < 4.78 is 0. The van der Waals surface area contributed by atoms with Crippen molar-refractivity contribution >= 4 is 23.6 Å². The van der Waals surface area contributed by atoms with Gasteiger partial charge in [0.1, 0.15) is 5.82 Å². The molecule has 1 aliphatic rings. The molecule has 9 nitrogen and oxygen atoms in total. The van der Waals surface area contributed by atoms with Crippen LogP contribution in [-0.4, -0.2) is 59.4 Å². The van der Waals surface area contributed by atoms with E-state index in [4.69, 9.17) is 11.5 Å². The van der Waals surface area contributed by atoms with Crippen LogP contribution in [0.15, 0.2) is 18.3 Å². The highest BCUT2D eigenvalue weighted by atomic mass is 16.1. The first-order chi connectivity index (χ1) is 11.3. The molecule has 1 aromatic heterocycles. The van der Waals surface area contributed by atoms with Crippen LogP contribution in [0.4, 0.5) is 11.8 Å². The largest absolute Gasteiger partial charge is 0.383 e. The first kappa shape index (κ1) is 17.7. The second-order valence-corrected chi connectivity index (χ2v) is 6.04. The number of hydrogen-bond acceptors (Lipinski definition) is 7. The average molecular weight is 333 g/mol. The van der Waals surface area contributed by atoms with E-state index in [-0.39, 0.29) is 29.4 Å². The number of nitrogens with zero attached hydrogens (tertiary/aromatic N) is 3. The van der Waals surface area contributed by atoms with Crippen LogP contribution in [0.1, 0.15) is 23.2 Å². The zero-order valence-electron chi connectivity index (χ0n) is 13.8. The smallest absolute Gasteiger partial charge is 0.254 e. The van der Waals surface area contributed by atoms with Crippen molar-refractivity contribution in [1.29, 1.82) is 0 Å². The van der Waals surface area contributed by atoms with Crippen molar-refractivity contribution in [3.8, 4) is 0 Å². The molecule has 0 bridgehead atoms. The molecular formula is C15H23N7O2. The highest BCUT2D eigenvalue weighted by molar-refractivity contribution is 5.96. The maximum Gasteiger partial charge on any atom is 0.254 e. The molecule has 2 rings (SSSR count). The second kappa shape index (κ2) is 7.73. The molecule has 1 heterocycles. The quantitative estimate of drug-likeness (QED) is 0.485. The lowest BCUT2D eigenvalue weighted by Crippen LogP contribution is -2.49. The SMILES string of the molecule is CN(C)CC=CC(=O)NC1CC(Nc2ncc(C(N)=O)c(N)n2)C1. The topological polar surface area (TPSA) is 139 Å². The molecular weight excluding hydrogens is 310 g/mol. The number of likely N-dealkylation sites (N-methyl/N-ethyl adjacent to an activating group) is 1. The van der Waals surface area contributed by atoms with Gasteiger partial charge in [-0.1, -0.05) is 6.08 Å². The Balaban J connectivity index is 1.75. The van der Waals surface area contributed by atoms with Crippen LogP contribution < -0.4 is 22.1 Å². The Hall–Kier alpha value is -2.68. The van der Waals surface area contributed by atoms with Gasteiger partial charge in [0.15, 0.2) is 0 Å². The Morgan fingerprint density at radius 1 is 1.38 bits per heavy atom. The maximum absolute atomic E-state index is 11.7. The van der Waals surface area contributed by atoms with Gasteiger partial charge in [-0.05, 0) is 26.9 Å². The Labute approximate surface area is 140 Å². The van der Waals surface area contributed by atoms with Crippen molar-refractivity contribution in [1.82, 2.24) is 20.2 Å². The maximum atomic E-state index is 11.7. The van der Waals surface area contributed by atoms with Gasteiger partial charge in [0.2, 0.25) is 11.9 Å². The summed E-state index contributed by atoms with van der Waals surface area (Å²) in [4.78, 5) is 32.8. The Kier molecular flexibility index (Phi) is 5.69. The lowest BCUT2D eigenvalue weighted by Gasteiger charge is -2.36. The monoisotopic (exact) mass is 333 g/mol. The van der Waals surface area contributed by atoms with E-state index in [2.05, 4.69) is 20.6 Å². The molecule has 0 saturated heterocycles. The Morgan fingerprint density at radius 2 is 2.08 bits per heavy atom. The minimum Gasteiger partial charge on any atom is -0.383 e. The Bertz CT molecular complexity index is 639. The van der Waals surface area contributed by atoms with Gasteiger partial charge in [0.25, 0.3) is 5.91 Å². The molecule has 6 N–H and O–H groups in total. The second-order valence-electron chi connectivity index (χ2n) is 6.04. The van der Waals surface area contributed by atoms with Gasteiger partial charge < -0.3 is 27.0 Å². The van der Waals surface area contributed by atoms with Gasteiger partial charge in [-0.15, -0.1) is 0 Å². The molecule has 0 unspecified atom stereocenters. The summed E-state index contributed by atoms with van der Waals surface area (Å²) in [7, 11) is 3.88. The highest BCUT2D eigenvalue weighted by Crippen LogP contribution is 2.23. The van der Waals surface area contributed by atoms with E-state index in [0.29, 0.717) is 5.95 Å². The minimum absolute atomic E-state index is 0.0511. The molecule has 1 aliphatic carbocycles. The number of nitrogen functional groups attached to an aromatic ring is 1. The van der Waals surface area contributed by atoms with Gasteiger partial charge in [0.05, 0.1) is 5.56 Å².